The predicted molar refractivity (Wildman–Crippen MR) is 77.9 cm³/mol. The third kappa shape index (κ3) is 5.21. The molecule has 0 spiro atoms. The monoisotopic (exact) mass is 251 g/mol. The van der Waals surface area contributed by atoms with Crippen molar-refractivity contribution >= 4 is 0 Å². The Bertz CT molecular complexity index is 317. The maximum Gasteiger partial charge on any atom is 0.0625 e. The predicted octanol–water partition coefficient (Wildman–Crippen LogP) is 3.56. The molecule has 104 valence electrons. The Hall–Kier alpha value is -0.830. The van der Waals surface area contributed by atoms with Gasteiger partial charge in [-0.1, -0.05) is 20.3 Å². The molecule has 0 aliphatic rings. The van der Waals surface area contributed by atoms with E-state index in [1.54, 1.807) is 0 Å². The highest BCUT2D eigenvalue weighted by Crippen LogP contribution is 2.09. The van der Waals surface area contributed by atoms with Crippen molar-refractivity contribution in [2.75, 3.05) is 6.54 Å². The number of aromatic nitrogens is 2. The fourth-order valence-electron chi connectivity index (χ4n) is 2.17. The zero-order chi connectivity index (χ0) is 13.4. The molecule has 1 aromatic heterocycles. The summed E-state index contributed by atoms with van der Waals surface area (Å²) in [6.45, 7) is 9.94. The van der Waals surface area contributed by atoms with Crippen molar-refractivity contribution in [2.24, 2.45) is 0 Å². The second-order valence-electron chi connectivity index (χ2n) is 5.36. The van der Waals surface area contributed by atoms with Crippen LogP contribution in [0, 0.1) is 0 Å². The zero-order valence-electron chi connectivity index (χ0n) is 12.4. The highest BCUT2D eigenvalue weighted by molar-refractivity contribution is 5.00. The van der Waals surface area contributed by atoms with Crippen molar-refractivity contribution in [3.63, 3.8) is 0 Å². The van der Waals surface area contributed by atoms with Gasteiger partial charge in [-0.2, -0.15) is 5.10 Å². The average molecular weight is 251 g/mol. The Kier molecular flexibility index (Phi) is 7.02. The molecular formula is C15H29N3. The maximum atomic E-state index is 4.61. The fraction of sp³-hybridized carbons (Fsp3) is 0.800. The number of nitrogens with one attached hydrogen (secondary N) is 1. The van der Waals surface area contributed by atoms with E-state index in [1.807, 2.05) is 4.68 Å². The van der Waals surface area contributed by atoms with Gasteiger partial charge in [0.1, 0.15) is 0 Å². The molecule has 3 nitrogen and oxygen atoms in total. The standard InChI is InChI=1S/C15H29N3/c1-5-7-14(16-11-6-2)8-9-15-10-12-18(17-15)13(3)4/h10,12-14,16H,5-9,11H2,1-4H3. The molecule has 1 rings (SSSR count). The molecule has 0 amide bonds. The van der Waals surface area contributed by atoms with Crippen LogP contribution in [0.5, 0.6) is 0 Å². The molecule has 1 atom stereocenters. The van der Waals surface area contributed by atoms with Crippen LogP contribution in [0.4, 0.5) is 0 Å². The van der Waals surface area contributed by atoms with Crippen LogP contribution in [0.25, 0.3) is 0 Å². The van der Waals surface area contributed by atoms with Crippen LogP contribution in [0.3, 0.4) is 0 Å². The number of hydrogen-bond acceptors (Lipinski definition) is 2. The van der Waals surface area contributed by atoms with Crippen LogP contribution < -0.4 is 5.32 Å². The SMILES string of the molecule is CCCNC(CCC)CCc1ccn(C(C)C)n1. The topological polar surface area (TPSA) is 29.9 Å². The average Bonchev–Trinajstić information content (AvgIpc) is 2.81. The van der Waals surface area contributed by atoms with Crippen LogP contribution >= 0.6 is 0 Å². The lowest BCUT2D eigenvalue weighted by molar-refractivity contribution is 0.444. The summed E-state index contributed by atoms with van der Waals surface area (Å²) in [4.78, 5) is 0. The van der Waals surface area contributed by atoms with Crippen LogP contribution in [-0.4, -0.2) is 22.4 Å². The normalized spacial score (nSPS) is 13.2. The van der Waals surface area contributed by atoms with Crippen molar-refractivity contribution in [3.8, 4) is 0 Å². The smallest absolute Gasteiger partial charge is 0.0625 e. The molecule has 1 N–H and O–H groups in total. The van der Waals surface area contributed by atoms with E-state index in [2.05, 4.69) is 50.4 Å². The van der Waals surface area contributed by atoms with Gasteiger partial charge in [-0.3, -0.25) is 4.68 Å². The Morgan fingerprint density at radius 2 is 2.00 bits per heavy atom. The van der Waals surface area contributed by atoms with Crippen LogP contribution in [-0.2, 0) is 6.42 Å². The van der Waals surface area contributed by atoms with Gasteiger partial charge in [-0.15, -0.1) is 0 Å². The van der Waals surface area contributed by atoms with Gasteiger partial charge in [0.05, 0.1) is 5.69 Å². The van der Waals surface area contributed by atoms with E-state index < -0.39 is 0 Å². The van der Waals surface area contributed by atoms with Crippen molar-refractivity contribution in [3.05, 3.63) is 18.0 Å². The minimum Gasteiger partial charge on any atom is -0.314 e. The van der Waals surface area contributed by atoms with E-state index >= 15 is 0 Å². The van der Waals surface area contributed by atoms with Gasteiger partial charge in [0.2, 0.25) is 0 Å². The first-order valence-electron chi connectivity index (χ1n) is 7.44. The molecular weight excluding hydrogens is 222 g/mol. The number of nitrogens with zero attached hydrogens (tertiary/aromatic N) is 2. The van der Waals surface area contributed by atoms with Gasteiger partial charge in [-0.25, -0.2) is 0 Å². The van der Waals surface area contributed by atoms with Crippen molar-refractivity contribution in [1.82, 2.24) is 15.1 Å². The summed E-state index contributed by atoms with van der Waals surface area (Å²) in [6.07, 6.45) is 8.10. The quantitative estimate of drug-likeness (QED) is 0.727. The highest BCUT2D eigenvalue weighted by atomic mass is 15.3. The zero-order valence-corrected chi connectivity index (χ0v) is 12.4. The van der Waals surface area contributed by atoms with E-state index in [0.29, 0.717) is 12.1 Å². The summed E-state index contributed by atoms with van der Waals surface area (Å²) in [5.74, 6) is 0. The molecule has 1 unspecified atom stereocenters. The Morgan fingerprint density at radius 3 is 2.56 bits per heavy atom. The molecule has 0 saturated heterocycles. The van der Waals surface area contributed by atoms with Crippen molar-refractivity contribution in [2.45, 2.75) is 71.9 Å². The third-order valence-electron chi connectivity index (χ3n) is 3.26. The Labute approximate surface area is 112 Å². The van der Waals surface area contributed by atoms with Gasteiger partial charge in [-0.05, 0) is 52.1 Å². The number of aryl methyl sites for hydroxylation is 1. The first-order valence-corrected chi connectivity index (χ1v) is 7.44. The second kappa shape index (κ2) is 8.30. The van der Waals surface area contributed by atoms with E-state index in [0.717, 1.165) is 13.0 Å². The van der Waals surface area contributed by atoms with Gasteiger partial charge in [0, 0.05) is 18.3 Å². The van der Waals surface area contributed by atoms with Gasteiger partial charge < -0.3 is 5.32 Å². The van der Waals surface area contributed by atoms with Crippen LogP contribution in [0.2, 0.25) is 0 Å². The molecule has 1 aromatic rings. The highest BCUT2D eigenvalue weighted by Gasteiger charge is 2.08. The van der Waals surface area contributed by atoms with Gasteiger partial charge >= 0.3 is 0 Å². The van der Waals surface area contributed by atoms with E-state index in [1.165, 1.54) is 31.4 Å². The molecule has 0 bridgehead atoms. The lowest BCUT2D eigenvalue weighted by Gasteiger charge is -2.17. The number of hydrogen-bond donors (Lipinski definition) is 1. The Balaban J connectivity index is 2.39. The summed E-state index contributed by atoms with van der Waals surface area (Å²) < 4.78 is 2.05. The van der Waals surface area contributed by atoms with Crippen LogP contribution in [0.15, 0.2) is 12.3 Å². The largest absolute Gasteiger partial charge is 0.314 e. The molecule has 1 heterocycles. The third-order valence-corrected chi connectivity index (χ3v) is 3.26. The molecule has 0 fully saturated rings. The van der Waals surface area contributed by atoms with E-state index in [9.17, 15) is 0 Å². The summed E-state index contributed by atoms with van der Waals surface area (Å²) >= 11 is 0. The molecule has 0 aliphatic heterocycles. The molecule has 0 aliphatic carbocycles. The minimum absolute atomic E-state index is 0.461. The summed E-state index contributed by atoms with van der Waals surface area (Å²) in [5, 5.41) is 8.25. The first kappa shape index (κ1) is 15.2. The van der Waals surface area contributed by atoms with Crippen molar-refractivity contribution in [1.29, 1.82) is 0 Å². The van der Waals surface area contributed by atoms with Gasteiger partial charge in [0.25, 0.3) is 0 Å². The summed E-state index contributed by atoms with van der Waals surface area (Å²) in [5.41, 5.74) is 1.23. The van der Waals surface area contributed by atoms with Crippen molar-refractivity contribution < 1.29 is 0 Å². The van der Waals surface area contributed by atoms with E-state index in [-0.39, 0.29) is 0 Å². The molecule has 0 radical (unpaired) electrons. The molecule has 18 heavy (non-hydrogen) atoms. The van der Waals surface area contributed by atoms with Crippen LogP contribution in [0.1, 0.15) is 65.1 Å². The molecule has 0 saturated carbocycles. The minimum atomic E-state index is 0.461. The lowest BCUT2D eigenvalue weighted by atomic mass is 10.0. The summed E-state index contributed by atoms with van der Waals surface area (Å²) in [7, 11) is 0. The Morgan fingerprint density at radius 1 is 1.22 bits per heavy atom. The molecule has 0 aromatic carbocycles. The van der Waals surface area contributed by atoms with E-state index in [4.69, 9.17) is 0 Å². The lowest BCUT2D eigenvalue weighted by Crippen LogP contribution is -2.30. The first-order chi connectivity index (χ1) is 8.67. The van der Waals surface area contributed by atoms with Gasteiger partial charge in [0.15, 0.2) is 0 Å². The maximum absolute atomic E-state index is 4.61. The number of rotatable bonds is 9. The second-order valence-corrected chi connectivity index (χ2v) is 5.36. The molecule has 3 heteroatoms. The fourth-order valence-corrected chi connectivity index (χ4v) is 2.17. The summed E-state index contributed by atoms with van der Waals surface area (Å²) in [6, 6.07) is 3.27.